The van der Waals surface area contributed by atoms with Crippen LogP contribution < -0.4 is 5.32 Å². The second kappa shape index (κ2) is 8.39. The van der Waals surface area contributed by atoms with Crippen molar-refractivity contribution in [3.63, 3.8) is 0 Å². The van der Waals surface area contributed by atoms with Gasteiger partial charge in [0.2, 0.25) is 15.9 Å². The average molecular weight is 440 g/mol. The monoisotopic (exact) mass is 440 g/mol. The number of hydrogen-bond acceptors (Lipinski definition) is 3. The molecular weight excluding hydrogens is 417 g/mol. The standard InChI is InChI=1S/C21H23F3N2O3S/c1-12-9-13(2)20(14(3)10-12)30(28,29)26-8-4-5-15(11-26)21(27)25-17-7-6-16(22)18(23)19(17)24/h6-7,9-10,15H,4-5,8,11H2,1-3H3,(H,25,27)/t15-/m0/s1. The van der Waals surface area contributed by atoms with Gasteiger partial charge in [-0.1, -0.05) is 17.7 Å². The molecule has 1 N–H and O–H groups in total. The lowest BCUT2D eigenvalue weighted by molar-refractivity contribution is -0.120. The molecule has 2 aromatic rings. The number of rotatable bonds is 4. The highest BCUT2D eigenvalue weighted by atomic mass is 32.2. The number of amides is 1. The summed E-state index contributed by atoms with van der Waals surface area (Å²) in [5, 5.41) is 2.25. The fourth-order valence-corrected chi connectivity index (χ4v) is 5.87. The maximum Gasteiger partial charge on any atom is 0.243 e. The Morgan fingerprint density at radius 3 is 2.33 bits per heavy atom. The fraction of sp³-hybridized carbons (Fsp3) is 0.381. The number of carbonyl (C=O) groups is 1. The van der Waals surface area contributed by atoms with Gasteiger partial charge in [0, 0.05) is 13.1 Å². The maximum absolute atomic E-state index is 13.9. The highest BCUT2D eigenvalue weighted by Gasteiger charge is 2.35. The molecule has 1 aliphatic heterocycles. The van der Waals surface area contributed by atoms with E-state index in [9.17, 15) is 26.4 Å². The fourth-order valence-electron chi connectivity index (χ4n) is 3.93. The Bertz CT molecular complexity index is 1080. The smallest absolute Gasteiger partial charge is 0.243 e. The summed E-state index contributed by atoms with van der Waals surface area (Å²) in [5.74, 6) is -5.91. The van der Waals surface area contributed by atoms with Gasteiger partial charge in [0.1, 0.15) is 0 Å². The largest absolute Gasteiger partial charge is 0.323 e. The third kappa shape index (κ3) is 4.22. The van der Waals surface area contributed by atoms with Gasteiger partial charge in [-0.15, -0.1) is 0 Å². The topological polar surface area (TPSA) is 66.5 Å². The summed E-state index contributed by atoms with van der Waals surface area (Å²) in [4.78, 5) is 12.8. The van der Waals surface area contributed by atoms with E-state index in [2.05, 4.69) is 5.32 Å². The summed E-state index contributed by atoms with van der Waals surface area (Å²) in [6, 6.07) is 5.23. The molecule has 5 nitrogen and oxygen atoms in total. The zero-order valence-electron chi connectivity index (χ0n) is 16.9. The van der Waals surface area contributed by atoms with Crippen molar-refractivity contribution in [2.75, 3.05) is 18.4 Å². The minimum absolute atomic E-state index is 0.0772. The van der Waals surface area contributed by atoms with Crippen molar-refractivity contribution in [1.82, 2.24) is 4.31 Å². The van der Waals surface area contributed by atoms with Crippen molar-refractivity contribution in [2.24, 2.45) is 5.92 Å². The molecule has 30 heavy (non-hydrogen) atoms. The van der Waals surface area contributed by atoms with Crippen LogP contribution in [0.1, 0.15) is 29.5 Å². The first kappa shape index (κ1) is 22.3. The van der Waals surface area contributed by atoms with Gasteiger partial charge in [-0.3, -0.25) is 4.79 Å². The number of aryl methyl sites for hydroxylation is 3. The molecule has 1 amide bonds. The van der Waals surface area contributed by atoms with Crippen molar-refractivity contribution in [1.29, 1.82) is 0 Å². The van der Waals surface area contributed by atoms with Crippen molar-refractivity contribution < 1.29 is 26.4 Å². The minimum atomic E-state index is -3.83. The summed E-state index contributed by atoms with van der Waals surface area (Å²) in [6.45, 7) is 5.53. The van der Waals surface area contributed by atoms with E-state index in [1.165, 1.54) is 4.31 Å². The van der Waals surface area contributed by atoms with Crippen LogP contribution >= 0.6 is 0 Å². The number of nitrogens with zero attached hydrogens (tertiary/aromatic N) is 1. The molecule has 0 aromatic heterocycles. The lowest BCUT2D eigenvalue weighted by Crippen LogP contribution is -2.44. The highest BCUT2D eigenvalue weighted by molar-refractivity contribution is 7.89. The van der Waals surface area contributed by atoms with Gasteiger partial charge in [-0.2, -0.15) is 4.31 Å². The van der Waals surface area contributed by atoms with Gasteiger partial charge in [0.05, 0.1) is 16.5 Å². The Kier molecular flexibility index (Phi) is 6.24. The minimum Gasteiger partial charge on any atom is -0.323 e. The Morgan fingerprint density at radius 2 is 1.70 bits per heavy atom. The van der Waals surface area contributed by atoms with Crippen molar-refractivity contribution >= 4 is 21.6 Å². The summed E-state index contributed by atoms with van der Waals surface area (Å²) in [7, 11) is -3.83. The third-order valence-corrected chi connectivity index (χ3v) is 7.42. The number of benzene rings is 2. The Morgan fingerprint density at radius 1 is 1.07 bits per heavy atom. The molecule has 1 heterocycles. The van der Waals surface area contributed by atoms with Gasteiger partial charge < -0.3 is 5.32 Å². The first-order valence-electron chi connectivity index (χ1n) is 9.54. The highest BCUT2D eigenvalue weighted by Crippen LogP contribution is 2.29. The van der Waals surface area contributed by atoms with Gasteiger partial charge in [0.25, 0.3) is 0 Å². The van der Waals surface area contributed by atoms with E-state index in [4.69, 9.17) is 0 Å². The van der Waals surface area contributed by atoms with E-state index in [1.807, 2.05) is 6.92 Å². The molecule has 162 valence electrons. The zero-order valence-corrected chi connectivity index (χ0v) is 17.7. The molecule has 0 unspecified atom stereocenters. The first-order valence-corrected chi connectivity index (χ1v) is 11.0. The molecule has 0 saturated carbocycles. The number of hydrogen-bond donors (Lipinski definition) is 1. The molecule has 1 aliphatic rings. The number of nitrogens with one attached hydrogen (secondary N) is 1. The van der Waals surface area contributed by atoms with Crippen molar-refractivity contribution in [2.45, 2.75) is 38.5 Å². The lowest BCUT2D eigenvalue weighted by atomic mass is 9.98. The zero-order chi connectivity index (χ0) is 22.2. The summed E-state index contributed by atoms with van der Waals surface area (Å²) < 4.78 is 68.1. The summed E-state index contributed by atoms with van der Waals surface area (Å²) in [5.41, 5.74) is 1.73. The first-order chi connectivity index (χ1) is 14.0. The van der Waals surface area contributed by atoms with E-state index in [0.717, 1.165) is 11.6 Å². The third-order valence-electron chi connectivity index (χ3n) is 5.25. The van der Waals surface area contributed by atoms with Crippen LogP contribution in [-0.4, -0.2) is 31.7 Å². The molecule has 0 radical (unpaired) electrons. The SMILES string of the molecule is Cc1cc(C)c(S(=O)(=O)N2CCC[C@H](C(=O)Nc3ccc(F)c(F)c3F)C2)c(C)c1. The van der Waals surface area contributed by atoms with E-state index in [-0.39, 0.29) is 18.0 Å². The molecule has 0 bridgehead atoms. The van der Waals surface area contributed by atoms with Crippen LogP contribution in [0.2, 0.25) is 0 Å². The Hall–Kier alpha value is -2.39. The second-order valence-electron chi connectivity index (χ2n) is 7.64. The van der Waals surface area contributed by atoms with E-state index in [0.29, 0.717) is 30.0 Å². The second-order valence-corrected chi connectivity index (χ2v) is 9.52. The number of halogens is 3. The Labute approximate surface area is 173 Å². The quantitative estimate of drug-likeness (QED) is 0.729. The van der Waals surface area contributed by atoms with Crippen LogP contribution in [0.15, 0.2) is 29.2 Å². The maximum atomic E-state index is 13.9. The average Bonchev–Trinajstić information content (AvgIpc) is 2.67. The molecular formula is C21H23F3N2O3S. The van der Waals surface area contributed by atoms with E-state index in [1.54, 1.807) is 26.0 Å². The molecule has 2 aromatic carbocycles. The van der Waals surface area contributed by atoms with Gasteiger partial charge in [-0.05, 0) is 56.9 Å². The molecule has 9 heteroatoms. The van der Waals surface area contributed by atoms with Crippen LogP contribution in [0.4, 0.5) is 18.9 Å². The Balaban J connectivity index is 1.82. The normalized spacial score (nSPS) is 17.7. The van der Waals surface area contributed by atoms with Crippen LogP contribution in [0.5, 0.6) is 0 Å². The number of carbonyl (C=O) groups excluding carboxylic acids is 1. The lowest BCUT2D eigenvalue weighted by Gasteiger charge is -2.32. The molecule has 3 rings (SSSR count). The molecule has 0 spiro atoms. The van der Waals surface area contributed by atoms with Gasteiger partial charge in [-0.25, -0.2) is 21.6 Å². The summed E-state index contributed by atoms with van der Waals surface area (Å²) in [6.07, 6.45) is 0.844. The number of sulfonamides is 1. The van der Waals surface area contributed by atoms with Crippen molar-refractivity contribution in [3.8, 4) is 0 Å². The molecule has 0 aliphatic carbocycles. The number of anilines is 1. The molecule has 1 fully saturated rings. The van der Waals surface area contributed by atoms with Crippen molar-refractivity contribution in [3.05, 3.63) is 58.4 Å². The predicted molar refractivity (Wildman–Crippen MR) is 107 cm³/mol. The molecule has 1 atom stereocenters. The van der Waals surface area contributed by atoms with Crippen LogP contribution in [0.3, 0.4) is 0 Å². The predicted octanol–water partition coefficient (Wildman–Crippen LogP) is 4.07. The van der Waals surface area contributed by atoms with Crippen LogP contribution in [0.25, 0.3) is 0 Å². The van der Waals surface area contributed by atoms with Gasteiger partial charge >= 0.3 is 0 Å². The number of piperidine rings is 1. The van der Waals surface area contributed by atoms with Crippen LogP contribution in [-0.2, 0) is 14.8 Å². The van der Waals surface area contributed by atoms with E-state index < -0.39 is 45.0 Å². The molecule has 1 saturated heterocycles. The van der Waals surface area contributed by atoms with E-state index >= 15 is 0 Å². The van der Waals surface area contributed by atoms with Crippen LogP contribution in [0, 0.1) is 44.1 Å². The summed E-state index contributed by atoms with van der Waals surface area (Å²) >= 11 is 0. The van der Waals surface area contributed by atoms with Gasteiger partial charge in [0.15, 0.2) is 17.5 Å².